The van der Waals surface area contributed by atoms with Gasteiger partial charge in [-0.25, -0.2) is 9.64 Å². The smallest absolute Gasteiger partial charge is 0.410 e. The zero-order valence-electron chi connectivity index (χ0n) is 9.30. The van der Waals surface area contributed by atoms with Crippen LogP contribution in [-0.2, 0) is 11.3 Å². The molecule has 0 N–H and O–H groups in total. The molecule has 1 aromatic rings. The van der Waals surface area contributed by atoms with Gasteiger partial charge >= 0.3 is 6.09 Å². The molecule has 1 saturated heterocycles. The van der Waals surface area contributed by atoms with Crippen molar-refractivity contribution in [3.63, 3.8) is 0 Å². The first kappa shape index (κ1) is 11.2. The van der Waals surface area contributed by atoms with Crippen molar-refractivity contribution in [2.45, 2.75) is 6.61 Å². The van der Waals surface area contributed by atoms with Gasteiger partial charge in [0.1, 0.15) is 6.61 Å². The fourth-order valence-electron chi connectivity index (χ4n) is 1.56. The third-order valence-corrected chi connectivity index (χ3v) is 2.50. The zero-order valence-corrected chi connectivity index (χ0v) is 9.30. The number of hydrogen-bond donors (Lipinski definition) is 0. The molecule has 1 heterocycles. The Bertz CT molecular complexity index is 466. The van der Waals surface area contributed by atoms with Gasteiger partial charge in [0.25, 0.3) is 0 Å². The summed E-state index contributed by atoms with van der Waals surface area (Å²) in [6, 6.07) is 9.55. The monoisotopic (exact) mass is 228 g/mol. The van der Waals surface area contributed by atoms with E-state index in [2.05, 4.69) is 4.85 Å². The number of likely N-dealkylation sites (tertiary alicyclic amines) is 1. The van der Waals surface area contributed by atoms with Crippen molar-refractivity contribution in [1.82, 2.24) is 4.90 Å². The van der Waals surface area contributed by atoms with Gasteiger partial charge in [-0.1, -0.05) is 30.3 Å². The Balaban J connectivity index is 1.77. The van der Waals surface area contributed by atoms with Crippen LogP contribution in [0.3, 0.4) is 0 Å². The Morgan fingerprint density at radius 1 is 1.41 bits per heavy atom. The first-order chi connectivity index (χ1) is 8.29. The van der Waals surface area contributed by atoms with E-state index in [1.54, 1.807) is 4.90 Å². The van der Waals surface area contributed by atoms with E-state index < -0.39 is 0 Å². The highest BCUT2D eigenvalue weighted by molar-refractivity contribution is 5.70. The predicted octanol–water partition coefficient (Wildman–Crippen LogP) is 2.44. The molecule has 1 aromatic carbocycles. The minimum absolute atomic E-state index is 0.290. The van der Waals surface area contributed by atoms with Crippen LogP contribution in [0.1, 0.15) is 5.56 Å². The fourth-order valence-corrected chi connectivity index (χ4v) is 1.56. The lowest BCUT2D eigenvalue weighted by atomic mass is 10.1. The summed E-state index contributed by atoms with van der Waals surface area (Å²) >= 11 is 0. The van der Waals surface area contributed by atoms with Crippen LogP contribution in [-0.4, -0.2) is 24.1 Å². The largest absolute Gasteiger partial charge is 0.445 e. The van der Waals surface area contributed by atoms with Gasteiger partial charge in [-0.15, -0.1) is 0 Å². The van der Waals surface area contributed by atoms with E-state index in [1.165, 1.54) is 6.20 Å². The molecular weight excluding hydrogens is 216 g/mol. The first-order valence-electron chi connectivity index (χ1n) is 5.29. The number of ether oxygens (including phenoxy) is 1. The second kappa shape index (κ2) is 5.17. The molecule has 0 unspecified atom stereocenters. The second-order valence-electron chi connectivity index (χ2n) is 3.81. The lowest BCUT2D eigenvalue weighted by Gasteiger charge is -2.32. The van der Waals surface area contributed by atoms with Gasteiger partial charge in [0.05, 0.1) is 6.57 Å². The molecule has 0 bridgehead atoms. The molecule has 2 rings (SSSR count). The van der Waals surface area contributed by atoms with Crippen molar-refractivity contribution in [2.75, 3.05) is 13.1 Å². The Hall–Kier alpha value is -2.28. The predicted molar refractivity (Wildman–Crippen MR) is 62.9 cm³/mol. The number of hydrogen-bond acceptors (Lipinski definition) is 2. The van der Waals surface area contributed by atoms with Crippen LogP contribution < -0.4 is 0 Å². The van der Waals surface area contributed by atoms with Gasteiger partial charge < -0.3 is 9.64 Å². The molecule has 0 saturated carbocycles. The third-order valence-electron chi connectivity index (χ3n) is 2.50. The molecule has 1 amide bonds. The van der Waals surface area contributed by atoms with Crippen molar-refractivity contribution in [2.24, 2.45) is 0 Å². The molecule has 0 aliphatic carbocycles. The molecule has 86 valence electrons. The van der Waals surface area contributed by atoms with E-state index in [4.69, 9.17) is 11.3 Å². The fraction of sp³-hybridized carbons (Fsp3) is 0.231. The van der Waals surface area contributed by atoms with E-state index in [0.717, 1.165) is 11.1 Å². The quantitative estimate of drug-likeness (QED) is 0.728. The summed E-state index contributed by atoms with van der Waals surface area (Å²) in [6.45, 7) is 7.96. The minimum Gasteiger partial charge on any atom is -0.445 e. The van der Waals surface area contributed by atoms with Gasteiger partial charge in [0, 0.05) is 13.1 Å². The molecule has 1 aliphatic rings. The van der Waals surface area contributed by atoms with Crippen molar-refractivity contribution in [3.05, 3.63) is 59.1 Å². The summed E-state index contributed by atoms with van der Waals surface area (Å²) in [7, 11) is 0. The van der Waals surface area contributed by atoms with Crippen molar-refractivity contribution in [3.8, 4) is 0 Å². The second-order valence-corrected chi connectivity index (χ2v) is 3.81. The highest BCUT2D eigenvalue weighted by Gasteiger charge is 2.25. The molecule has 4 heteroatoms. The highest BCUT2D eigenvalue weighted by atomic mass is 16.6. The van der Waals surface area contributed by atoms with Crippen LogP contribution in [0.25, 0.3) is 4.85 Å². The van der Waals surface area contributed by atoms with E-state index in [-0.39, 0.29) is 12.7 Å². The number of carbonyl (C=O) groups excluding carboxylic acids is 1. The summed E-state index contributed by atoms with van der Waals surface area (Å²) in [5.74, 6) is 0. The SMILES string of the molecule is [C-]#[N+]C=C1CN(C(=O)OCc2ccccc2)C1. The normalized spacial score (nSPS) is 13.6. The molecule has 1 fully saturated rings. The van der Waals surface area contributed by atoms with E-state index in [1.807, 2.05) is 30.3 Å². The zero-order chi connectivity index (χ0) is 12.1. The van der Waals surface area contributed by atoms with Gasteiger partial charge in [-0.2, -0.15) is 0 Å². The van der Waals surface area contributed by atoms with Crippen LogP contribution in [0.5, 0.6) is 0 Å². The summed E-state index contributed by atoms with van der Waals surface area (Å²) in [6.07, 6.45) is 1.14. The van der Waals surface area contributed by atoms with Crippen LogP contribution in [0.15, 0.2) is 42.1 Å². The molecule has 0 atom stereocenters. The van der Waals surface area contributed by atoms with Crippen molar-refractivity contribution in [1.29, 1.82) is 0 Å². The van der Waals surface area contributed by atoms with Crippen LogP contribution in [0.2, 0.25) is 0 Å². The molecule has 4 nitrogen and oxygen atoms in total. The summed E-state index contributed by atoms with van der Waals surface area (Å²) in [4.78, 5) is 16.3. The maximum Gasteiger partial charge on any atom is 0.410 e. The highest BCUT2D eigenvalue weighted by Crippen LogP contribution is 2.16. The molecule has 0 aromatic heterocycles. The van der Waals surface area contributed by atoms with Crippen LogP contribution >= 0.6 is 0 Å². The Morgan fingerprint density at radius 3 is 2.76 bits per heavy atom. The molecule has 1 aliphatic heterocycles. The average molecular weight is 228 g/mol. The maximum absolute atomic E-state index is 11.5. The van der Waals surface area contributed by atoms with Gasteiger partial charge in [0.15, 0.2) is 6.20 Å². The topological polar surface area (TPSA) is 33.9 Å². The van der Waals surface area contributed by atoms with Gasteiger partial charge in [0.2, 0.25) is 0 Å². The Labute approximate surface area is 99.9 Å². The van der Waals surface area contributed by atoms with Crippen molar-refractivity contribution >= 4 is 6.09 Å². The number of carbonyl (C=O) groups is 1. The van der Waals surface area contributed by atoms with Crippen LogP contribution in [0, 0.1) is 6.57 Å². The Kier molecular flexibility index (Phi) is 3.41. The Morgan fingerprint density at radius 2 is 2.12 bits per heavy atom. The molecule has 0 spiro atoms. The van der Waals surface area contributed by atoms with Crippen molar-refractivity contribution < 1.29 is 9.53 Å². The van der Waals surface area contributed by atoms with Crippen LogP contribution in [0.4, 0.5) is 4.79 Å². The van der Waals surface area contributed by atoms with E-state index in [0.29, 0.717) is 13.1 Å². The summed E-state index contributed by atoms with van der Waals surface area (Å²) in [5.41, 5.74) is 1.94. The molecular formula is C13H12N2O2. The average Bonchev–Trinajstić information content (AvgIpc) is 2.31. The maximum atomic E-state index is 11.5. The molecule has 17 heavy (non-hydrogen) atoms. The van der Waals surface area contributed by atoms with E-state index >= 15 is 0 Å². The number of nitrogens with zero attached hydrogens (tertiary/aromatic N) is 2. The van der Waals surface area contributed by atoms with Gasteiger partial charge in [-0.3, -0.25) is 0 Å². The van der Waals surface area contributed by atoms with E-state index in [9.17, 15) is 4.79 Å². The lowest BCUT2D eigenvalue weighted by Crippen LogP contribution is -2.44. The first-order valence-corrected chi connectivity index (χ1v) is 5.29. The molecule has 0 radical (unpaired) electrons. The number of benzene rings is 1. The summed E-state index contributed by atoms with van der Waals surface area (Å²) < 4.78 is 5.14. The number of amides is 1. The van der Waals surface area contributed by atoms with Gasteiger partial charge in [-0.05, 0) is 11.1 Å². The lowest BCUT2D eigenvalue weighted by molar-refractivity contribution is 0.0904. The third kappa shape index (κ3) is 2.85. The number of rotatable bonds is 2. The summed E-state index contributed by atoms with van der Waals surface area (Å²) in [5, 5.41) is 0. The standard InChI is InChI=1S/C13H12N2O2/c1-14-7-12-8-15(9-12)13(16)17-10-11-5-3-2-4-6-11/h2-7H,8-10H2. The minimum atomic E-state index is -0.323.